The van der Waals surface area contributed by atoms with E-state index in [1.807, 2.05) is 0 Å². The highest BCUT2D eigenvalue weighted by Gasteiger charge is 2.26. The van der Waals surface area contributed by atoms with Crippen LogP contribution in [0.5, 0.6) is 0 Å². The lowest BCUT2D eigenvalue weighted by Crippen LogP contribution is -2.34. The minimum atomic E-state index is -1.61. The molecular weight excluding hydrogens is 180 g/mol. The highest BCUT2D eigenvalue weighted by Crippen LogP contribution is 2.17. The summed E-state index contributed by atoms with van der Waals surface area (Å²) in [4.78, 5) is 30.9. The first-order chi connectivity index (χ1) is 6.00. The molecule has 1 aliphatic heterocycles. The van der Waals surface area contributed by atoms with Crippen LogP contribution in [0.25, 0.3) is 0 Å². The van der Waals surface area contributed by atoms with E-state index in [0.717, 1.165) is 0 Å². The Morgan fingerprint density at radius 2 is 2.08 bits per heavy atom. The molecule has 0 saturated heterocycles. The van der Waals surface area contributed by atoms with Crippen LogP contribution in [-0.2, 0) is 19.1 Å². The Labute approximate surface area is 72.4 Å². The maximum Gasteiger partial charge on any atom is 0.331 e. The Hall–Kier alpha value is -1.85. The lowest BCUT2D eigenvalue weighted by molar-refractivity contribution is -0.307. The molecule has 0 N–H and O–H groups in total. The number of aliphatic carboxylic acids is 2. The van der Waals surface area contributed by atoms with Crippen molar-refractivity contribution in [2.24, 2.45) is 0 Å². The van der Waals surface area contributed by atoms with Crippen LogP contribution in [0.1, 0.15) is 6.42 Å². The topological polar surface area (TPSA) is 107 Å². The highest BCUT2D eigenvalue weighted by atomic mass is 16.6. The molecule has 1 atom stereocenters. The van der Waals surface area contributed by atoms with Crippen LogP contribution in [-0.4, -0.2) is 24.0 Å². The molecule has 0 spiro atoms. The molecular formula is C7H4O6-2. The third-order valence-electron chi connectivity index (χ3n) is 1.47. The maximum atomic E-state index is 10.5. The zero-order valence-electron chi connectivity index (χ0n) is 6.31. The van der Waals surface area contributed by atoms with E-state index in [4.69, 9.17) is 0 Å². The average Bonchev–Trinajstić information content (AvgIpc) is 2.29. The molecule has 6 heteroatoms. The van der Waals surface area contributed by atoms with Gasteiger partial charge in [-0.1, -0.05) is 0 Å². The summed E-state index contributed by atoms with van der Waals surface area (Å²) in [5.41, 5.74) is -0.464. The molecule has 0 bridgehead atoms. The summed E-state index contributed by atoms with van der Waals surface area (Å²) in [5, 5.41) is 20.4. The van der Waals surface area contributed by atoms with Gasteiger partial charge in [-0.25, -0.2) is 4.79 Å². The van der Waals surface area contributed by atoms with Gasteiger partial charge in [-0.15, -0.1) is 0 Å². The van der Waals surface area contributed by atoms with Crippen molar-refractivity contribution < 1.29 is 29.3 Å². The van der Waals surface area contributed by atoms with Gasteiger partial charge in [0.25, 0.3) is 0 Å². The van der Waals surface area contributed by atoms with E-state index < -0.39 is 36.0 Å². The molecule has 6 nitrogen and oxygen atoms in total. The predicted octanol–water partition coefficient (Wildman–Crippen LogP) is -3.27. The van der Waals surface area contributed by atoms with Crippen LogP contribution in [0.4, 0.5) is 0 Å². The van der Waals surface area contributed by atoms with Crippen LogP contribution < -0.4 is 10.2 Å². The Morgan fingerprint density at radius 1 is 1.46 bits per heavy atom. The highest BCUT2D eigenvalue weighted by molar-refractivity contribution is 5.99. The number of hydrogen-bond donors (Lipinski definition) is 0. The normalized spacial score (nSPS) is 20.8. The van der Waals surface area contributed by atoms with Crippen molar-refractivity contribution in [3.05, 3.63) is 11.6 Å². The third-order valence-corrected chi connectivity index (χ3v) is 1.47. The van der Waals surface area contributed by atoms with Crippen molar-refractivity contribution in [3.63, 3.8) is 0 Å². The second-order valence-corrected chi connectivity index (χ2v) is 2.39. The summed E-state index contributed by atoms with van der Waals surface area (Å²) in [6.45, 7) is 0. The largest absolute Gasteiger partial charge is 0.550 e. The third kappa shape index (κ3) is 2.05. The van der Waals surface area contributed by atoms with Crippen molar-refractivity contribution in [2.75, 3.05) is 0 Å². The molecule has 0 fully saturated rings. The van der Waals surface area contributed by atoms with Gasteiger partial charge in [0.15, 0.2) is 0 Å². The number of esters is 1. The minimum Gasteiger partial charge on any atom is -0.550 e. The van der Waals surface area contributed by atoms with Crippen molar-refractivity contribution in [3.8, 4) is 0 Å². The van der Waals surface area contributed by atoms with Gasteiger partial charge in [0.05, 0.1) is 5.97 Å². The standard InChI is InChI=1S/C7H6O6/c8-5(9)2-4-3(7(11)12)1-6(10)13-4/h1,4H,2H2,(H,8,9)(H,11,12)/p-2. The minimum absolute atomic E-state index is 0.464. The molecule has 1 aliphatic rings. The van der Waals surface area contributed by atoms with E-state index in [0.29, 0.717) is 6.08 Å². The molecule has 0 saturated carbocycles. The van der Waals surface area contributed by atoms with E-state index in [1.54, 1.807) is 0 Å². The van der Waals surface area contributed by atoms with Crippen LogP contribution in [0.3, 0.4) is 0 Å². The molecule has 0 aromatic heterocycles. The van der Waals surface area contributed by atoms with Gasteiger partial charge in [0.2, 0.25) is 0 Å². The Kier molecular flexibility index (Phi) is 2.32. The van der Waals surface area contributed by atoms with Crippen LogP contribution >= 0.6 is 0 Å². The molecule has 0 aromatic rings. The number of rotatable bonds is 3. The van der Waals surface area contributed by atoms with Crippen LogP contribution in [0.2, 0.25) is 0 Å². The fourth-order valence-electron chi connectivity index (χ4n) is 0.951. The average molecular weight is 184 g/mol. The molecule has 0 radical (unpaired) electrons. The van der Waals surface area contributed by atoms with E-state index >= 15 is 0 Å². The van der Waals surface area contributed by atoms with E-state index in [2.05, 4.69) is 4.74 Å². The van der Waals surface area contributed by atoms with Gasteiger partial charge in [-0.05, 0) is 0 Å². The predicted molar refractivity (Wildman–Crippen MR) is 32.6 cm³/mol. The van der Waals surface area contributed by atoms with Gasteiger partial charge in [0.1, 0.15) is 6.10 Å². The van der Waals surface area contributed by atoms with Gasteiger partial charge in [0, 0.05) is 24.0 Å². The molecule has 0 aliphatic carbocycles. The Bertz CT molecular complexity index is 302. The smallest absolute Gasteiger partial charge is 0.331 e. The Balaban J connectivity index is 2.77. The number of ether oxygens (including phenoxy) is 1. The van der Waals surface area contributed by atoms with Gasteiger partial charge in [-0.2, -0.15) is 0 Å². The molecule has 0 aromatic carbocycles. The molecule has 70 valence electrons. The second-order valence-electron chi connectivity index (χ2n) is 2.39. The summed E-state index contributed by atoms with van der Waals surface area (Å²) in [6.07, 6.45) is -1.27. The first-order valence-corrected chi connectivity index (χ1v) is 3.34. The lowest BCUT2D eigenvalue weighted by atomic mass is 10.1. The van der Waals surface area contributed by atoms with Crippen LogP contribution in [0.15, 0.2) is 11.6 Å². The lowest BCUT2D eigenvalue weighted by Gasteiger charge is -2.14. The molecule has 0 amide bonds. The fraction of sp³-hybridized carbons (Fsp3) is 0.286. The molecule has 1 heterocycles. The van der Waals surface area contributed by atoms with Crippen molar-refractivity contribution >= 4 is 17.9 Å². The summed E-state index contributed by atoms with van der Waals surface area (Å²) < 4.78 is 4.37. The van der Waals surface area contributed by atoms with E-state index in [1.165, 1.54) is 0 Å². The number of cyclic esters (lactones) is 1. The summed E-state index contributed by atoms with van der Waals surface area (Å²) in [7, 11) is 0. The first kappa shape index (κ1) is 9.24. The second kappa shape index (κ2) is 3.26. The number of carbonyl (C=O) groups excluding carboxylic acids is 3. The zero-order chi connectivity index (χ0) is 10.0. The SMILES string of the molecule is O=C([O-])CC1OC(=O)C=C1C(=O)[O-]. The summed E-state index contributed by atoms with van der Waals surface area (Å²) in [5.74, 6) is -3.99. The number of hydrogen-bond acceptors (Lipinski definition) is 6. The number of carboxylic acid groups (broad SMARTS) is 2. The first-order valence-electron chi connectivity index (χ1n) is 3.34. The monoisotopic (exact) mass is 184 g/mol. The van der Waals surface area contributed by atoms with Crippen LogP contribution in [0, 0.1) is 0 Å². The number of carbonyl (C=O) groups is 3. The van der Waals surface area contributed by atoms with Crippen molar-refractivity contribution in [2.45, 2.75) is 12.5 Å². The quantitative estimate of drug-likeness (QED) is 0.426. The van der Waals surface area contributed by atoms with Crippen molar-refractivity contribution in [1.29, 1.82) is 0 Å². The number of carboxylic acids is 2. The molecule has 13 heavy (non-hydrogen) atoms. The summed E-state index contributed by atoms with van der Waals surface area (Å²) in [6, 6.07) is 0. The molecule has 1 unspecified atom stereocenters. The van der Waals surface area contributed by atoms with Gasteiger partial charge >= 0.3 is 5.97 Å². The van der Waals surface area contributed by atoms with Gasteiger partial charge in [-0.3, -0.25) is 0 Å². The summed E-state index contributed by atoms with van der Waals surface area (Å²) >= 11 is 0. The fourth-order valence-corrected chi connectivity index (χ4v) is 0.951. The van der Waals surface area contributed by atoms with Crippen molar-refractivity contribution in [1.82, 2.24) is 0 Å². The van der Waals surface area contributed by atoms with E-state index in [-0.39, 0.29) is 0 Å². The molecule has 1 rings (SSSR count). The zero-order valence-corrected chi connectivity index (χ0v) is 6.31. The Morgan fingerprint density at radius 3 is 2.54 bits per heavy atom. The van der Waals surface area contributed by atoms with Gasteiger partial charge < -0.3 is 24.5 Å². The van der Waals surface area contributed by atoms with E-state index in [9.17, 15) is 24.6 Å². The maximum absolute atomic E-state index is 10.5.